The van der Waals surface area contributed by atoms with E-state index >= 15 is 0 Å². The lowest BCUT2D eigenvalue weighted by molar-refractivity contribution is 0.324. The number of nitrogens with zero attached hydrogens (tertiary/aromatic N) is 4. The first-order chi connectivity index (χ1) is 18.6. The predicted molar refractivity (Wildman–Crippen MR) is 167 cm³/mol. The first-order valence-corrected chi connectivity index (χ1v) is 14.0. The van der Waals surface area contributed by atoms with E-state index in [1.165, 1.54) is 40.2 Å². The highest BCUT2D eigenvalue weighted by atomic mass is 15.2. The molecule has 2 aromatic heterocycles. The fourth-order valence-corrected chi connectivity index (χ4v) is 6.13. The minimum atomic E-state index is 0. The van der Waals surface area contributed by atoms with Gasteiger partial charge in [-0.05, 0) is 81.0 Å². The second-order valence-electron chi connectivity index (χ2n) is 10.9. The van der Waals surface area contributed by atoms with Crippen molar-refractivity contribution in [1.29, 1.82) is 0 Å². The smallest absolute Gasteiger partial charge is 0.225 e. The third kappa shape index (κ3) is 5.44. The van der Waals surface area contributed by atoms with Gasteiger partial charge < -0.3 is 20.1 Å². The zero-order valence-corrected chi connectivity index (χ0v) is 22.7. The van der Waals surface area contributed by atoms with Crippen LogP contribution in [0.3, 0.4) is 0 Å². The van der Waals surface area contributed by atoms with Gasteiger partial charge in [0.2, 0.25) is 5.95 Å². The Morgan fingerprint density at radius 3 is 2.33 bits per heavy atom. The average molecular weight is 523 g/mol. The fourth-order valence-electron chi connectivity index (χ4n) is 6.13. The molecule has 0 unspecified atom stereocenters. The number of fused-ring (bicyclic) bond motifs is 4. The lowest BCUT2D eigenvalue weighted by Gasteiger charge is -2.29. The molecule has 6 nitrogen and oxygen atoms in total. The molecule has 5 aromatic rings. The summed E-state index contributed by atoms with van der Waals surface area (Å²) in [7, 11) is 4.08. The van der Waals surface area contributed by atoms with Crippen molar-refractivity contribution in [1.82, 2.24) is 19.9 Å². The molecule has 0 aliphatic heterocycles. The molecule has 1 aliphatic rings. The lowest BCUT2D eigenvalue weighted by Crippen LogP contribution is -2.31. The summed E-state index contributed by atoms with van der Waals surface area (Å²) in [6.45, 7) is 5.20. The fraction of sp³-hybridized carbons (Fsp3) is 0.394. The van der Waals surface area contributed by atoms with Gasteiger partial charge in [-0.2, -0.15) is 4.98 Å². The summed E-state index contributed by atoms with van der Waals surface area (Å²) in [4.78, 5) is 11.7. The van der Waals surface area contributed by atoms with Gasteiger partial charge in [-0.1, -0.05) is 43.8 Å². The molecular formula is C33H42N6. The molecule has 1 fully saturated rings. The molecule has 0 amide bonds. The summed E-state index contributed by atoms with van der Waals surface area (Å²) in [6.07, 6.45) is 4.76. The maximum absolute atomic E-state index is 4.83. The number of hydrogen-bond acceptors (Lipinski definition) is 5. The molecule has 0 atom stereocenters. The summed E-state index contributed by atoms with van der Waals surface area (Å²) in [5.74, 6) is 2.43. The van der Waals surface area contributed by atoms with Crippen molar-refractivity contribution in [2.75, 3.05) is 30.9 Å². The van der Waals surface area contributed by atoms with Crippen LogP contribution in [0.5, 0.6) is 0 Å². The van der Waals surface area contributed by atoms with Crippen molar-refractivity contribution in [2.24, 2.45) is 5.92 Å². The van der Waals surface area contributed by atoms with Crippen LogP contribution in [0.25, 0.3) is 32.7 Å². The van der Waals surface area contributed by atoms with E-state index in [1.54, 1.807) is 0 Å². The summed E-state index contributed by atoms with van der Waals surface area (Å²) in [5.41, 5.74) is 5.00. The van der Waals surface area contributed by atoms with Gasteiger partial charge in [-0.3, -0.25) is 0 Å². The molecule has 39 heavy (non-hydrogen) atoms. The largest absolute Gasteiger partial charge is 0.362 e. The molecule has 0 saturated heterocycles. The van der Waals surface area contributed by atoms with E-state index in [4.69, 9.17) is 9.97 Å². The number of nitrogens with one attached hydrogen (secondary N) is 2. The summed E-state index contributed by atoms with van der Waals surface area (Å²) < 4.78 is 2.42. The number of rotatable bonds is 8. The van der Waals surface area contributed by atoms with E-state index in [9.17, 15) is 0 Å². The SMILES string of the molecule is C.CCn1c2ccccc2c2cc(CNCC3CCC(Nc4nc(N(C)C)c5ccccc5n4)CC3)ccc21. The second kappa shape index (κ2) is 11.6. The van der Waals surface area contributed by atoms with Crippen molar-refractivity contribution < 1.29 is 0 Å². The van der Waals surface area contributed by atoms with Gasteiger partial charge in [0, 0.05) is 60.4 Å². The van der Waals surface area contributed by atoms with Gasteiger partial charge in [-0.25, -0.2) is 4.98 Å². The Hall–Kier alpha value is -3.64. The van der Waals surface area contributed by atoms with Crippen LogP contribution in [0.15, 0.2) is 66.7 Å². The van der Waals surface area contributed by atoms with Gasteiger partial charge in [0.25, 0.3) is 0 Å². The van der Waals surface area contributed by atoms with Crippen LogP contribution in [-0.2, 0) is 13.1 Å². The topological polar surface area (TPSA) is 58.0 Å². The zero-order chi connectivity index (χ0) is 26.1. The van der Waals surface area contributed by atoms with Crippen LogP contribution < -0.4 is 15.5 Å². The molecule has 0 spiro atoms. The van der Waals surface area contributed by atoms with Crippen LogP contribution in [0.4, 0.5) is 11.8 Å². The van der Waals surface area contributed by atoms with E-state index < -0.39 is 0 Å². The van der Waals surface area contributed by atoms with Crippen molar-refractivity contribution in [3.8, 4) is 0 Å². The van der Waals surface area contributed by atoms with Gasteiger partial charge in [-0.15, -0.1) is 0 Å². The summed E-state index contributed by atoms with van der Waals surface area (Å²) in [5, 5.41) is 11.2. The van der Waals surface area contributed by atoms with Crippen LogP contribution in [0.1, 0.15) is 45.6 Å². The van der Waals surface area contributed by atoms with E-state index in [-0.39, 0.29) is 7.43 Å². The molecule has 2 heterocycles. The molecule has 204 valence electrons. The third-order valence-corrected chi connectivity index (χ3v) is 8.10. The maximum Gasteiger partial charge on any atom is 0.225 e. The Labute approximate surface area is 232 Å². The number of aryl methyl sites for hydroxylation is 1. The number of aromatic nitrogens is 3. The Bertz CT molecular complexity index is 1560. The standard InChI is InChI=1S/C32H38N6.CH4/c1-4-38-29-12-8-6-9-25(29)27-19-23(15-18-30(27)38)21-33-20-22-13-16-24(17-14-22)34-32-35-28-11-7-5-10-26(28)31(36-32)37(2)3;/h5-12,15,18-19,22,24,33H,4,13-14,16-17,20-21H2,1-3H3,(H,34,35,36);1H4. The Balaban J connectivity index is 0.00000308. The van der Waals surface area contributed by atoms with E-state index in [0.29, 0.717) is 12.0 Å². The Morgan fingerprint density at radius 1 is 0.846 bits per heavy atom. The highest BCUT2D eigenvalue weighted by Gasteiger charge is 2.22. The minimum Gasteiger partial charge on any atom is -0.362 e. The normalized spacial score (nSPS) is 17.4. The van der Waals surface area contributed by atoms with Crippen LogP contribution in [0.2, 0.25) is 0 Å². The lowest BCUT2D eigenvalue weighted by atomic mass is 9.86. The average Bonchev–Trinajstić information content (AvgIpc) is 3.26. The Morgan fingerprint density at radius 2 is 1.56 bits per heavy atom. The van der Waals surface area contributed by atoms with Crippen molar-refractivity contribution in [2.45, 2.75) is 59.2 Å². The van der Waals surface area contributed by atoms with E-state index in [0.717, 1.165) is 55.1 Å². The maximum atomic E-state index is 4.83. The molecular weight excluding hydrogens is 480 g/mol. The quantitative estimate of drug-likeness (QED) is 0.225. The van der Waals surface area contributed by atoms with E-state index in [1.807, 2.05) is 26.2 Å². The first-order valence-electron chi connectivity index (χ1n) is 14.0. The number of hydrogen-bond donors (Lipinski definition) is 2. The summed E-state index contributed by atoms with van der Waals surface area (Å²) >= 11 is 0. The van der Waals surface area contributed by atoms with Crippen LogP contribution in [-0.4, -0.2) is 41.2 Å². The highest BCUT2D eigenvalue weighted by Crippen LogP contribution is 2.31. The van der Waals surface area contributed by atoms with Crippen LogP contribution in [0, 0.1) is 5.92 Å². The molecule has 2 N–H and O–H groups in total. The highest BCUT2D eigenvalue weighted by molar-refractivity contribution is 6.08. The molecule has 6 heteroatoms. The van der Waals surface area contributed by atoms with Crippen molar-refractivity contribution in [3.05, 3.63) is 72.3 Å². The predicted octanol–water partition coefficient (Wildman–Crippen LogP) is 7.22. The van der Waals surface area contributed by atoms with E-state index in [2.05, 4.69) is 81.6 Å². The van der Waals surface area contributed by atoms with Crippen molar-refractivity contribution >= 4 is 44.5 Å². The van der Waals surface area contributed by atoms with Gasteiger partial charge >= 0.3 is 0 Å². The molecule has 1 aliphatic carbocycles. The second-order valence-corrected chi connectivity index (χ2v) is 10.9. The molecule has 1 saturated carbocycles. The number of benzene rings is 3. The minimum absolute atomic E-state index is 0. The zero-order valence-electron chi connectivity index (χ0n) is 22.7. The van der Waals surface area contributed by atoms with Crippen molar-refractivity contribution in [3.63, 3.8) is 0 Å². The molecule has 3 aromatic carbocycles. The van der Waals surface area contributed by atoms with Crippen LogP contribution >= 0.6 is 0 Å². The third-order valence-electron chi connectivity index (χ3n) is 8.10. The van der Waals surface area contributed by atoms with Gasteiger partial charge in [0.15, 0.2) is 0 Å². The Kier molecular flexibility index (Phi) is 8.03. The molecule has 0 radical (unpaired) electrons. The summed E-state index contributed by atoms with van der Waals surface area (Å²) in [6, 6.07) is 24.4. The van der Waals surface area contributed by atoms with Gasteiger partial charge in [0.05, 0.1) is 5.52 Å². The molecule has 6 rings (SSSR count). The number of anilines is 2. The monoisotopic (exact) mass is 522 g/mol. The first kappa shape index (κ1) is 26.9. The van der Waals surface area contributed by atoms with Gasteiger partial charge in [0.1, 0.15) is 5.82 Å². The molecule has 0 bridgehead atoms. The number of para-hydroxylation sites is 2.